The van der Waals surface area contributed by atoms with Gasteiger partial charge in [-0.15, -0.1) is 36.2 Å². The Morgan fingerprint density at radius 1 is 1.29 bits per heavy atom. The van der Waals surface area contributed by atoms with Gasteiger partial charge in [0.25, 0.3) is 5.91 Å². The van der Waals surface area contributed by atoms with Gasteiger partial charge >= 0.3 is 0 Å². The summed E-state index contributed by atoms with van der Waals surface area (Å²) in [7, 11) is 0. The maximum Gasteiger partial charge on any atom is 0.265 e. The second-order valence-electron chi connectivity index (χ2n) is 6.25. The van der Waals surface area contributed by atoms with E-state index in [2.05, 4.69) is 22.1 Å². The van der Waals surface area contributed by atoms with E-state index in [4.69, 9.17) is 0 Å². The molecular formula is C16H28Cl2N4OS. The van der Waals surface area contributed by atoms with Gasteiger partial charge in [0.05, 0.1) is 10.7 Å². The van der Waals surface area contributed by atoms with Crippen molar-refractivity contribution >= 4 is 42.1 Å². The monoisotopic (exact) mass is 394 g/mol. The molecule has 2 fully saturated rings. The minimum Gasteiger partial charge on any atom is -0.336 e. The molecule has 1 aromatic heterocycles. The summed E-state index contributed by atoms with van der Waals surface area (Å²) in [5, 5.41) is 4.49. The second kappa shape index (κ2) is 9.92. The van der Waals surface area contributed by atoms with Crippen LogP contribution in [0, 0.1) is 6.92 Å². The topological polar surface area (TPSA) is 48.5 Å². The molecule has 1 amide bonds. The Morgan fingerprint density at radius 2 is 2.00 bits per heavy atom. The first-order chi connectivity index (χ1) is 10.7. The van der Waals surface area contributed by atoms with Crippen LogP contribution in [0.3, 0.4) is 0 Å². The number of aromatic nitrogens is 1. The van der Waals surface area contributed by atoms with Gasteiger partial charge in [-0.25, -0.2) is 4.98 Å². The number of aryl methyl sites for hydroxylation is 2. The molecule has 2 aliphatic rings. The molecule has 0 radical (unpaired) electrons. The van der Waals surface area contributed by atoms with Crippen LogP contribution in [0.2, 0.25) is 0 Å². The molecule has 1 aromatic rings. The highest BCUT2D eigenvalue weighted by Crippen LogP contribution is 2.24. The molecule has 0 aromatic carbocycles. The summed E-state index contributed by atoms with van der Waals surface area (Å²) >= 11 is 1.59. The number of hydrogen-bond donors (Lipinski definition) is 1. The molecule has 0 spiro atoms. The minimum atomic E-state index is 0. The Balaban J connectivity index is 0.00000144. The van der Waals surface area contributed by atoms with Crippen molar-refractivity contribution < 1.29 is 4.79 Å². The van der Waals surface area contributed by atoms with Crippen molar-refractivity contribution in [1.82, 2.24) is 20.1 Å². The Labute approximate surface area is 161 Å². The second-order valence-corrected chi connectivity index (χ2v) is 7.34. The van der Waals surface area contributed by atoms with E-state index < -0.39 is 0 Å². The van der Waals surface area contributed by atoms with E-state index in [0.29, 0.717) is 6.04 Å². The zero-order chi connectivity index (χ0) is 15.5. The average molecular weight is 395 g/mol. The summed E-state index contributed by atoms with van der Waals surface area (Å²) in [6, 6.07) is 0.536. The van der Waals surface area contributed by atoms with Crippen LogP contribution in [-0.2, 0) is 6.42 Å². The number of amides is 1. The van der Waals surface area contributed by atoms with Crippen molar-refractivity contribution in [3.8, 4) is 0 Å². The number of likely N-dealkylation sites (tertiary alicyclic amines) is 1. The highest BCUT2D eigenvalue weighted by molar-refractivity contribution is 7.13. The van der Waals surface area contributed by atoms with Crippen LogP contribution in [0.15, 0.2) is 0 Å². The maximum absolute atomic E-state index is 12.8. The van der Waals surface area contributed by atoms with Gasteiger partial charge in [-0.1, -0.05) is 6.92 Å². The average Bonchev–Trinajstić information content (AvgIpc) is 3.15. The van der Waals surface area contributed by atoms with Crippen LogP contribution in [0.1, 0.15) is 40.1 Å². The SMILES string of the molecule is CCCc1nc(C)c(C(=O)N2CCC(N3CCNCC3)C2)s1.Cl.Cl. The summed E-state index contributed by atoms with van der Waals surface area (Å²) in [5.74, 6) is 0.190. The highest BCUT2D eigenvalue weighted by Gasteiger charge is 2.32. The van der Waals surface area contributed by atoms with Crippen molar-refractivity contribution in [3.63, 3.8) is 0 Å². The summed E-state index contributed by atoms with van der Waals surface area (Å²) in [6.07, 6.45) is 3.16. The summed E-state index contributed by atoms with van der Waals surface area (Å²) in [5.41, 5.74) is 0.907. The number of halogens is 2. The van der Waals surface area contributed by atoms with E-state index in [1.165, 1.54) is 0 Å². The molecule has 2 saturated heterocycles. The van der Waals surface area contributed by atoms with E-state index >= 15 is 0 Å². The lowest BCUT2D eigenvalue weighted by Crippen LogP contribution is -2.49. The molecule has 1 unspecified atom stereocenters. The number of hydrogen-bond acceptors (Lipinski definition) is 5. The Bertz CT molecular complexity index is 534. The van der Waals surface area contributed by atoms with E-state index in [1.807, 2.05) is 11.8 Å². The molecule has 24 heavy (non-hydrogen) atoms. The van der Waals surface area contributed by atoms with Crippen molar-refractivity contribution in [1.29, 1.82) is 0 Å². The number of rotatable bonds is 4. The largest absolute Gasteiger partial charge is 0.336 e. The first-order valence-corrected chi connectivity index (χ1v) is 9.21. The summed E-state index contributed by atoms with van der Waals surface area (Å²) < 4.78 is 0. The van der Waals surface area contributed by atoms with E-state index in [1.54, 1.807) is 11.3 Å². The molecule has 0 saturated carbocycles. The normalized spacial score (nSPS) is 21.2. The van der Waals surface area contributed by atoms with Crippen molar-refractivity contribution in [2.24, 2.45) is 0 Å². The molecule has 8 heteroatoms. The first-order valence-electron chi connectivity index (χ1n) is 8.39. The maximum atomic E-state index is 12.8. The third-order valence-corrected chi connectivity index (χ3v) is 5.82. The summed E-state index contributed by atoms with van der Waals surface area (Å²) in [6.45, 7) is 10.2. The number of carbonyl (C=O) groups is 1. The van der Waals surface area contributed by atoms with Gasteiger partial charge in [0.1, 0.15) is 4.88 Å². The third-order valence-electron chi connectivity index (χ3n) is 4.62. The number of nitrogens with zero attached hydrogens (tertiary/aromatic N) is 3. The van der Waals surface area contributed by atoms with Gasteiger partial charge in [0.2, 0.25) is 0 Å². The Kier molecular flexibility index (Phi) is 8.95. The molecule has 5 nitrogen and oxygen atoms in total. The third kappa shape index (κ3) is 4.82. The van der Waals surface area contributed by atoms with Crippen LogP contribution in [0.5, 0.6) is 0 Å². The van der Waals surface area contributed by atoms with Crippen LogP contribution >= 0.6 is 36.2 Å². The predicted molar refractivity (Wildman–Crippen MR) is 104 cm³/mol. The Morgan fingerprint density at radius 3 is 2.67 bits per heavy atom. The fourth-order valence-electron chi connectivity index (χ4n) is 3.39. The fraction of sp³-hybridized carbons (Fsp3) is 0.750. The van der Waals surface area contributed by atoms with E-state index in [0.717, 1.165) is 74.1 Å². The van der Waals surface area contributed by atoms with Gasteiger partial charge in [-0.05, 0) is 26.2 Å². The standard InChI is InChI=1S/C16H26N4OS.2ClH/c1-3-4-14-18-12(2)15(22-14)16(21)20-8-5-13(11-20)19-9-6-17-7-10-19;;/h13,17H,3-11H2,1-2H3;2*1H. The van der Waals surface area contributed by atoms with E-state index in [9.17, 15) is 4.79 Å². The number of thiazole rings is 1. The molecule has 138 valence electrons. The van der Waals surface area contributed by atoms with Gasteiger partial charge in [0, 0.05) is 45.3 Å². The zero-order valence-corrected chi connectivity index (χ0v) is 16.9. The van der Waals surface area contributed by atoms with Crippen LogP contribution in [0.25, 0.3) is 0 Å². The lowest BCUT2D eigenvalue weighted by atomic mass is 10.2. The van der Waals surface area contributed by atoms with Gasteiger partial charge < -0.3 is 10.2 Å². The number of nitrogens with one attached hydrogen (secondary N) is 1. The fourth-order valence-corrected chi connectivity index (χ4v) is 4.52. The molecule has 1 atom stereocenters. The number of piperazine rings is 1. The zero-order valence-electron chi connectivity index (χ0n) is 14.4. The van der Waals surface area contributed by atoms with Gasteiger partial charge in [-0.3, -0.25) is 9.69 Å². The van der Waals surface area contributed by atoms with Crippen LogP contribution < -0.4 is 5.32 Å². The minimum absolute atomic E-state index is 0. The van der Waals surface area contributed by atoms with Crippen LogP contribution in [-0.4, -0.2) is 66.0 Å². The van der Waals surface area contributed by atoms with Crippen LogP contribution in [0.4, 0.5) is 0 Å². The molecule has 0 bridgehead atoms. The molecule has 1 N–H and O–H groups in total. The lowest BCUT2D eigenvalue weighted by molar-refractivity contribution is 0.0777. The molecule has 2 aliphatic heterocycles. The summed E-state index contributed by atoms with van der Waals surface area (Å²) in [4.78, 5) is 22.7. The quantitative estimate of drug-likeness (QED) is 0.851. The van der Waals surface area contributed by atoms with E-state index in [-0.39, 0.29) is 30.7 Å². The van der Waals surface area contributed by atoms with Crippen molar-refractivity contribution in [2.75, 3.05) is 39.3 Å². The number of carbonyl (C=O) groups excluding carboxylic acids is 1. The predicted octanol–water partition coefficient (Wildman–Crippen LogP) is 2.37. The molecular weight excluding hydrogens is 367 g/mol. The first kappa shape index (κ1) is 21.6. The molecule has 3 heterocycles. The lowest BCUT2D eigenvalue weighted by Gasteiger charge is -2.32. The highest BCUT2D eigenvalue weighted by atomic mass is 35.5. The smallest absolute Gasteiger partial charge is 0.265 e. The van der Waals surface area contributed by atoms with Crippen molar-refractivity contribution in [3.05, 3.63) is 15.6 Å². The van der Waals surface area contributed by atoms with Gasteiger partial charge in [0.15, 0.2) is 0 Å². The molecule has 3 rings (SSSR count). The Hall–Kier alpha value is -0.400. The van der Waals surface area contributed by atoms with Gasteiger partial charge in [-0.2, -0.15) is 0 Å². The van der Waals surface area contributed by atoms with Crippen molar-refractivity contribution in [2.45, 2.75) is 39.2 Å². The molecule has 0 aliphatic carbocycles.